The quantitative estimate of drug-likeness (QED) is 0.540. The van der Waals surface area contributed by atoms with E-state index in [9.17, 15) is 8.78 Å². The van der Waals surface area contributed by atoms with Crippen LogP contribution < -0.4 is 5.32 Å². The highest BCUT2D eigenvalue weighted by atomic mass is 19.1. The predicted octanol–water partition coefficient (Wildman–Crippen LogP) is 4.80. The Morgan fingerprint density at radius 3 is 2.22 bits per heavy atom. The van der Waals surface area contributed by atoms with Crippen molar-refractivity contribution in [2.45, 2.75) is 0 Å². The molecule has 2 heterocycles. The van der Waals surface area contributed by atoms with E-state index >= 15 is 0 Å². The molecule has 2 aromatic carbocycles. The van der Waals surface area contributed by atoms with Crippen molar-refractivity contribution in [1.29, 1.82) is 0 Å². The third-order valence-electron chi connectivity index (χ3n) is 3.65. The molecule has 2 aromatic heterocycles. The van der Waals surface area contributed by atoms with Crippen molar-refractivity contribution >= 4 is 33.3 Å². The zero-order valence-electron chi connectivity index (χ0n) is 11.9. The van der Waals surface area contributed by atoms with Crippen molar-refractivity contribution in [2.75, 3.05) is 5.32 Å². The maximum atomic E-state index is 13.8. The third kappa shape index (κ3) is 2.36. The molecule has 0 bridgehead atoms. The average molecular weight is 307 g/mol. The van der Waals surface area contributed by atoms with Gasteiger partial charge < -0.3 is 5.32 Å². The number of aromatic nitrogens is 2. The Morgan fingerprint density at radius 2 is 1.43 bits per heavy atom. The lowest BCUT2D eigenvalue weighted by molar-refractivity contribution is 0.590. The molecule has 0 radical (unpaired) electrons. The molecule has 4 aromatic rings. The summed E-state index contributed by atoms with van der Waals surface area (Å²) in [6.45, 7) is 0. The first-order chi connectivity index (χ1) is 11.2. The van der Waals surface area contributed by atoms with E-state index in [0.717, 1.165) is 16.3 Å². The van der Waals surface area contributed by atoms with E-state index in [1.54, 1.807) is 12.3 Å². The van der Waals surface area contributed by atoms with Gasteiger partial charge in [-0.15, -0.1) is 0 Å². The number of benzene rings is 2. The first-order valence-corrected chi connectivity index (χ1v) is 7.08. The Kier molecular flexibility index (Phi) is 3.12. The van der Waals surface area contributed by atoms with Crippen molar-refractivity contribution in [1.82, 2.24) is 9.97 Å². The maximum Gasteiger partial charge on any atom is 0.149 e. The van der Waals surface area contributed by atoms with E-state index in [1.165, 1.54) is 18.2 Å². The van der Waals surface area contributed by atoms with Crippen molar-refractivity contribution in [3.8, 4) is 0 Å². The van der Waals surface area contributed by atoms with Crippen LogP contribution in [0.1, 0.15) is 0 Å². The molecule has 4 rings (SSSR count). The molecular weight excluding hydrogens is 296 g/mol. The summed E-state index contributed by atoms with van der Waals surface area (Å²) in [5.41, 5.74) is 1.22. The smallest absolute Gasteiger partial charge is 0.149 e. The minimum absolute atomic E-state index is 0.215. The number of anilines is 2. The molecule has 5 heteroatoms. The molecule has 0 saturated carbocycles. The minimum atomic E-state index is -0.664. The second kappa shape index (κ2) is 5.28. The second-order valence-corrected chi connectivity index (χ2v) is 5.13. The van der Waals surface area contributed by atoms with Crippen molar-refractivity contribution in [3.63, 3.8) is 0 Å². The van der Waals surface area contributed by atoms with Gasteiger partial charge in [0, 0.05) is 17.0 Å². The topological polar surface area (TPSA) is 37.8 Å². The van der Waals surface area contributed by atoms with Gasteiger partial charge in [0.05, 0.1) is 11.0 Å². The summed E-state index contributed by atoms with van der Waals surface area (Å²) in [4.78, 5) is 8.83. The van der Waals surface area contributed by atoms with E-state index < -0.39 is 11.6 Å². The number of para-hydroxylation sites is 1. The predicted molar refractivity (Wildman–Crippen MR) is 86.7 cm³/mol. The van der Waals surface area contributed by atoms with Gasteiger partial charge in [0.15, 0.2) is 0 Å². The Labute approximate surface area is 130 Å². The maximum absolute atomic E-state index is 13.8. The van der Waals surface area contributed by atoms with Crippen LogP contribution in [0.5, 0.6) is 0 Å². The minimum Gasteiger partial charge on any atom is -0.335 e. The van der Waals surface area contributed by atoms with Crippen LogP contribution in [0, 0.1) is 11.6 Å². The van der Waals surface area contributed by atoms with Crippen LogP contribution in [0.25, 0.3) is 21.8 Å². The van der Waals surface area contributed by atoms with E-state index in [0.29, 0.717) is 11.3 Å². The van der Waals surface area contributed by atoms with Crippen LogP contribution in [0.3, 0.4) is 0 Å². The van der Waals surface area contributed by atoms with Gasteiger partial charge >= 0.3 is 0 Å². The van der Waals surface area contributed by atoms with E-state index in [1.807, 2.05) is 30.3 Å². The van der Waals surface area contributed by atoms with Gasteiger partial charge in [0.2, 0.25) is 0 Å². The number of hydrogen-bond acceptors (Lipinski definition) is 3. The van der Waals surface area contributed by atoms with E-state index in [4.69, 9.17) is 0 Å². The largest absolute Gasteiger partial charge is 0.335 e. The normalized spacial score (nSPS) is 11.0. The Morgan fingerprint density at radius 1 is 0.739 bits per heavy atom. The lowest BCUT2D eigenvalue weighted by atomic mass is 10.1. The molecule has 3 nitrogen and oxygen atoms in total. The van der Waals surface area contributed by atoms with Crippen LogP contribution in [-0.2, 0) is 0 Å². The summed E-state index contributed by atoms with van der Waals surface area (Å²) in [5, 5.41) is 4.58. The number of nitrogens with zero attached hydrogens (tertiary/aromatic N) is 2. The average Bonchev–Trinajstić information content (AvgIpc) is 2.58. The Balaban J connectivity index is 1.87. The summed E-state index contributed by atoms with van der Waals surface area (Å²) >= 11 is 0. The summed E-state index contributed by atoms with van der Waals surface area (Å²) in [6.07, 6.45) is 1.69. The Hall–Kier alpha value is -3.08. The fraction of sp³-hybridized carbons (Fsp3) is 0. The molecule has 0 amide bonds. The first kappa shape index (κ1) is 13.6. The number of nitrogens with one attached hydrogen (secondary N) is 1. The lowest BCUT2D eigenvalue weighted by Crippen LogP contribution is -1.99. The molecule has 0 atom stereocenters. The second-order valence-electron chi connectivity index (χ2n) is 5.13. The molecule has 0 aliphatic rings. The summed E-state index contributed by atoms with van der Waals surface area (Å²) in [5.74, 6) is -0.967. The standard InChI is InChI=1S/C18H11F2N3/c19-13-4-1-5-14(20)18(13)23-15-9-8-12-7-6-11-3-2-10-21-16(11)17(12)22-15/h1-10H,(H,22,23). The van der Waals surface area contributed by atoms with E-state index in [-0.39, 0.29) is 5.69 Å². The highest BCUT2D eigenvalue weighted by molar-refractivity contribution is 6.03. The molecule has 112 valence electrons. The van der Waals surface area contributed by atoms with Crippen LogP contribution >= 0.6 is 0 Å². The molecule has 0 aliphatic heterocycles. The van der Waals surface area contributed by atoms with Gasteiger partial charge in [-0.3, -0.25) is 4.98 Å². The molecule has 0 saturated heterocycles. The fourth-order valence-corrected chi connectivity index (χ4v) is 2.54. The monoisotopic (exact) mass is 307 g/mol. The van der Waals surface area contributed by atoms with Gasteiger partial charge in [-0.1, -0.05) is 24.3 Å². The number of halogens is 2. The molecule has 0 unspecified atom stereocenters. The number of hydrogen-bond donors (Lipinski definition) is 1. The van der Waals surface area contributed by atoms with Crippen molar-refractivity contribution < 1.29 is 8.78 Å². The van der Waals surface area contributed by atoms with Gasteiger partial charge in [-0.25, -0.2) is 13.8 Å². The van der Waals surface area contributed by atoms with E-state index in [2.05, 4.69) is 15.3 Å². The van der Waals surface area contributed by atoms with Crippen LogP contribution in [0.15, 0.2) is 60.8 Å². The van der Waals surface area contributed by atoms with Gasteiger partial charge in [-0.2, -0.15) is 0 Å². The molecular formula is C18H11F2N3. The molecule has 0 spiro atoms. The van der Waals surface area contributed by atoms with Crippen LogP contribution in [-0.4, -0.2) is 9.97 Å². The highest BCUT2D eigenvalue weighted by Crippen LogP contribution is 2.26. The zero-order valence-corrected chi connectivity index (χ0v) is 11.9. The first-order valence-electron chi connectivity index (χ1n) is 7.08. The van der Waals surface area contributed by atoms with Gasteiger partial charge in [-0.05, 0) is 30.3 Å². The molecule has 23 heavy (non-hydrogen) atoms. The molecule has 0 fully saturated rings. The number of pyridine rings is 2. The lowest BCUT2D eigenvalue weighted by Gasteiger charge is -2.09. The van der Waals surface area contributed by atoms with Crippen molar-refractivity contribution in [2.24, 2.45) is 0 Å². The fourth-order valence-electron chi connectivity index (χ4n) is 2.54. The van der Waals surface area contributed by atoms with Crippen LogP contribution in [0.2, 0.25) is 0 Å². The summed E-state index contributed by atoms with van der Waals surface area (Å²) in [7, 11) is 0. The van der Waals surface area contributed by atoms with Gasteiger partial charge in [0.25, 0.3) is 0 Å². The molecule has 0 aliphatic carbocycles. The highest BCUT2D eigenvalue weighted by Gasteiger charge is 2.10. The zero-order chi connectivity index (χ0) is 15.8. The SMILES string of the molecule is Fc1cccc(F)c1Nc1ccc2ccc3cccnc3c2n1. The van der Waals surface area contributed by atoms with Crippen LogP contribution in [0.4, 0.5) is 20.3 Å². The number of fused-ring (bicyclic) bond motifs is 3. The number of rotatable bonds is 2. The molecule has 1 N–H and O–H groups in total. The summed E-state index contributed by atoms with van der Waals surface area (Å²) < 4.78 is 27.5. The third-order valence-corrected chi connectivity index (χ3v) is 3.65. The summed E-state index contributed by atoms with van der Waals surface area (Å²) in [6, 6.07) is 15.0. The van der Waals surface area contributed by atoms with Gasteiger partial charge in [0.1, 0.15) is 23.1 Å². The van der Waals surface area contributed by atoms with Crippen molar-refractivity contribution in [3.05, 3.63) is 72.4 Å². The Bertz CT molecular complexity index is 1010.